The van der Waals surface area contributed by atoms with E-state index >= 15 is 0 Å². The molecule has 78 valence electrons. The first kappa shape index (κ1) is 12.5. The topological polar surface area (TPSA) is 3.24 Å². The van der Waals surface area contributed by atoms with E-state index in [0.29, 0.717) is 0 Å². The molecule has 0 aliphatic carbocycles. The minimum atomic E-state index is 0.820. The second-order valence-electron chi connectivity index (χ2n) is 3.16. The summed E-state index contributed by atoms with van der Waals surface area (Å²) in [6, 6.07) is 6.00. The number of nitrogens with zero attached hydrogens (tertiary/aromatic N) is 1. The van der Waals surface area contributed by atoms with Gasteiger partial charge in [-0.3, -0.25) is 0 Å². The molecule has 0 radical (unpaired) electrons. The van der Waals surface area contributed by atoms with Crippen molar-refractivity contribution < 1.29 is 0 Å². The third-order valence-electron chi connectivity index (χ3n) is 1.92. The molecule has 14 heavy (non-hydrogen) atoms. The average Bonchev–Trinajstić information content (AvgIpc) is 2.10. The predicted octanol–water partition coefficient (Wildman–Crippen LogP) is 3.93. The smallest absolute Gasteiger partial charge is 0.0462 e. The fraction of sp³-hybridized carbons (Fsp3) is 0.400. The van der Waals surface area contributed by atoms with Crippen molar-refractivity contribution in [3.8, 4) is 0 Å². The van der Waals surface area contributed by atoms with E-state index in [-0.39, 0.29) is 0 Å². The Morgan fingerprint density at radius 3 is 2.71 bits per heavy atom. The van der Waals surface area contributed by atoms with Crippen LogP contribution in [0.15, 0.2) is 22.7 Å². The molecule has 0 saturated heterocycles. The van der Waals surface area contributed by atoms with Crippen LogP contribution < -0.4 is 0 Å². The monoisotopic (exact) mass is 339 g/mol. The first-order valence-corrected chi connectivity index (χ1v) is 6.61. The summed E-state index contributed by atoms with van der Waals surface area (Å²) < 4.78 is 1.02. The Morgan fingerprint density at radius 1 is 1.43 bits per heavy atom. The molecule has 1 aromatic carbocycles. The minimum Gasteiger partial charge on any atom is -0.301 e. The highest BCUT2D eigenvalue weighted by Gasteiger charge is 2.04. The van der Waals surface area contributed by atoms with Crippen molar-refractivity contribution in [3.63, 3.8) is 0 Å². The molecule has 4 heteroatoms. The van der Waals surface area contributed by atoms with Crippen molar-refractivity contribution in [1.29, 1.82) is 0 Å². The summed E-state index contributed by atoms with van der Waals surface area (Å²) in [5, 5.41) is 1.80. The number of rotatable bonds is 4. The van der Waals surface area contributed by atoms with Crippen LogP contribution >= 0.6 is 43.5 Å². The summed E-state index contributed by atoms with van der Waals surface area (Å²) in [5.41, 5.74) is 1.17. The number of benzene rings is 1. The van der Waals surface area contributed by atoms with Gasteiger partial charge >= 0.3 is 0 Å². The highest BCUT2D eigenvalue weighted by molar-refractivity contribution is 9.10. The van der Waals surface area contributed by atoms with Gasteiger partial charge in [-0.1, -0.05) is 49.5 Å². The molecule has 1 aromatic rings. The van der Waals surface area contributed by atoms with Gasteiger partial charge in [0.2, 0.25) is 0 Å². The highest BCUT2D eigenvalue weighted by Crippen LogP contribution is 2.22. The van der Waals surface area contributed by atoms with Crippen LogP contribution in [0.2, 0.25) is 5.02 Å². The molecule has 0 aliphatic rings. The van der Waals surface area contributed by atoms with E-state index in [9.17, 15) is 0 Å². The number of alkyl halides is 1. The van der Waals surface area contributed by atoms with Gasteiger partial charge in [-0.25, -0.2) is 0 Å². The summed E-state index contributed by atoms with van der Waals surface area (Å²) in [5.74, 6) is 0. The molecular formula is C10H12Br2ClN. The van der Waals surface area contributed by atoms with Gasteiger partial charge in [0.15, 0.2) is 0 Å². The van der Waals surface area contributed by atoms with Gasteiger partial charge in [-0.2, -0.15) is 0 Å². The maximum absolute atomic E-state index is 6.11. The summed E-state index contributed by atoms with van der Waals surface area (Å²) in [7, 11) is 2.08. The van der Waals surface area contributed by atoms with Crippen LogP contribution in [0, 0.1) is 0 Å². The minimum absolute atomic E-state index is 0.820. The van der Waals surface area contributed by atoms with Crippen LogP contribution in [-0.2, 0) is 6.54 Å². The van der Waals surface area contributed by atoms with E-state index in [0.717, 1.165) is 27.9 Å². The lowest BCUT2D eigenvalue weighted by atomic mass is 10.2. The van der Waals surface area contributed by atoms with Gasteiger partial charge in [0.25, 0.3) is 0 Å². The second-order valence-corrected chi connectivity index (χ2v) is 5.28. The SMILES string of the molecule is CN(CCBr)Cc1ccc(Br)cc1Cl. The van der Waals surface area contributed by atoms with E-state index < -0.39 is 0 Å². The maximum Gasteiger partial charge on any atom is 0.0462 e. The first-order valence-electron chi connectivity index (χ1n) is 4.32. The molecule has 0 atom stereocenters. The van der Waals surface area contributed by atoms with Gasteiger partial charge in [0.05, 0.1) is 0 Å². The van der Waals surface area contributed by atoms with Crippen LogP contribution in [-0.4, -0.2) is 23.8 Å². The lowest BCUT2D eigenvalue weighted by molar-refractivity contribution is 0.349. The maximum atomic E-state index is 6.11. The number of hydrogen-bond donors (Lipinski definition) is 0. The molecule has 0 aliphatic heterocycles. The van der Waals surface area contributed by atoms with Crippen LogP contribution in [0.1, 0.15) is 5.56 Å². The second kappa shape index (κ2) is 6.11. The molecule has 0 spiro atoms. The largest absolute Gasteiger partial charge is 0.301 e. The quantitative estimate of drug-likeness (QED) is 0.750. The van der Waals surface area contributed by atoms with E-state index in [1.807, 2.05) is 12.1 Å². The summed E-state index contributed by atoms with van der Waals surface area (Å²) in [4.78, 5) is 2.23. The molecule has 1 rings (SSSR count). The fourth-order valence-corrected chi connectivity index (χ4v) is 2.50. The molecule has 0 saturated carbocycles. The summed E-state index contributed by atoms with van der Waals surface area (Å²) >= 11 is 12.9. The van der Waals surface area contributed by atoms with Crippen LogP contribution in [0.25, 0.3) is 0 Å². The third kappa shape index (κ3) is 3.89. The Morgan fingerprint density at radius 2 is 2.14 bits per heavy atom. The Hall–Kier alpha value is 0.430. The zero-order chi connectivity index (χ0) is 10.6. The molecule has 0 N–H and O–H groups in total. The zero-order valence-corrected chi connectivity index (χ0v) is 11.9. The van der Waals surface area contributed by atoms with Gasteiger partial charge in [-0.15, -0.1) is 0 Å². The molecule has 0 amide bonds. The van der Waals surface area contributed by atoms with Gasteiger partial charge in [0.1, 0.15) is 0 Å². The van der Waals surface area contributed by atoms with E-state index in [4.69, 9.17) is 11.6 Å². The van der Waals surface area contributed by atoms with Crippen molar-refractivity contribution in [3.05, 3.63) is 33.3 Å². The van der Waals surface area contributed by atoms with Crippen molar-refractivity contribution in [1.82, 2.24) is 4.90 Å². The molecule has 0 heterocycles. The van der Waals surface area contributed by atoms with Gasteiger partial charge < -0.3 is 4.90 Å². The highest BCUT2D eigenvalue weighted by atomic mass is 79.9. The summed E-state index contributed by atoms with van der Waals surface area (Å²) in [6.45, 7) is 1.91. The van der Waals surface area contributed by atoms with E-state index in [1.54, 1.807) is 0 Å². The van der Waals surface area contributed by atoms with Crippen molar-refractivity contribution in [2.75, 3.05) is 18.9 Å². The van der Waals surface area contributed by atoms with Crippen molar-refractivity contribution in [2.24, 2.45) is 0 Å². The Kier molecular flexibility index (Phi) is 5.45. The third-order valence-corrected chi connectivity index (χ3v) is 3.12. The van der Waals surface area contributed by atoms with Crippen LogP contribution in [0.5, 0.6) is 0 Å². The van der Waals surface area contributed by atoms with Crippen molar-refractivity contribution >= 4 is 43.5 Å². The van der Waals surface area contributed by atoms with E-state index in [2.05, 4.69) is 49.9 Å². The Labute approximate surface area is 107 Å². The van der Waals surface area contributed by atoms with Crippen LogP contribution in [0.3, 0.4) is 0 Å². The Balaban J connectivity index is 2.67. The van der Waals surface area contributed by atoms with Crippen LogP contribution in [0.4, 0.5) is 0 Å². The normalized spacial score (nSPS) is 10.9. The number of hydrogen-bond acceptors (Lipinski definition) is 1. The number of halogens is 3. The zero-order valence-electron chi connectivity index (χ0n) is 7.93. The standard InChI is InChI=1S/C10H12Br2ClN/c1-14(5-4-11)7-8-2-3-9(12)6-10(8)13/h2-3,6H,4-5,7H2,1H3. The van der Waals surface area contributed by atoms with E-state index in [1.165, 1.54) is 5.56 Å². The fourth-order valence-electron chi connectivity index (χ4n) is 1.16. The summed E-state index contributed by atoms with van der Waals surface area (Å²) in [6.07, 6.45) is 0. The van der Waals surface area contributed by atoms with Crippen molar-refractivity contribution in [2.45, 2.75) is 6.54 Å². The predicted molar refractivity (Wildman–Crippen MR) is 69.3 cm³/mol. The lowest BCUT2D eigenvalue weighted by Gasteiger charge is -2.15. The molecule has 0 aromatic heterocycles. The molecule has 0 fully saturated rings. The molecule has 1 nitrogen and oxygen atoms in total. The average molecular weight is 341 g/mol. The van der Waals surface area contributed by atoms with Gasteiger partial charge in [-0.05, 0) is 24.7 Å². The lowest BCUT2D eigenvalue weighted by Crippen LogP contribution is -2.20. The Bertz CT molecular complexity index is 304. The molecule has 0 unspecified atom stereocenters. The first-order chi connectivity index (χ1) is 6.63. The molecule has 0 bridgehead atoms. The van der Waals surface area contributed by atoms with Gasteiger partial charge in [0, 0.05) is 27.9 Å². The molecular weight excluding hydrogens is 329 g/mol.